The minimum absolute atomic E-state index is 0.132. The Morgan fingerprint density at radius 2 is 1.59 bits per heavy atom. The summed E-state index contributed by atoms with van der Waals surface area (Å²) < 4.78 is 0. The van der Waals surface area contributed by atoms with Gasteiger partial charge in [-0.05, 0) is 43.3 Å². The molecule has 0 aliphatic carbocycles. The lowest BCUT2D eigenvalue weighted by Gasteiger charge is -2.21. The fourth-order valence-electron chi connectivity index (χ4n) is 2.65. The van der Waals surface area contributed by atoms with Crippen LogP contribution in [0, 0.1) is 0 Å². The van der Waals surface area contributed by atoms with Crippen molar-refractivity contribution in [2.24, 2.45) is 0 Å². The average molecular weight is 477 g/mol. The second-order valence-electron chi connectivity index (χ2n) is 6.34. The summed E-state index contributed by atoms with van der Waals surface area (Å²) in [5, 5.41) is 7.08. The van der Waals surface area contributed by atoms with Gasteiger partial charge in [-0.3, -0.25) is 14.5 Å². The monoisotopic (exact) mass is 475 g/mol. The fraction of sp³-hybridized carbons (Fsp3) is 0.300. The summed E-state index contributed by atoms with van der Waals surface area (Å²) in [4.78, 5) is 26.6. The van der Waals surface area contributed by atoms with Crippen molar-refractivity contribution in [3.8, 4) is 0 Å². The number of nitrogens with one attached hydrogen (secondary N) is 2. The van der Waals surface area contributed by atoms with Crippen LogP contribution in [0.5, 0.6) is 0 Å². The maximum atomic E-state index is 12.4. The molecule has 2 aromatic rings. The van der Waals surface area contributed by atoms with Crippen LogP contribution in [0.1, 0.15) is 19.8 Å². The van der Waals surface area contributed by atoms with Crippen molar-refractivity contribution in [3.63, 3.8) is 0 Å². The molecule has 0 aliphatic heterocycles. The molecule has 2 N–H and O–H groups in total. The summed E-state index contributed by atoms with van der Waals surface area (Å²) in [5.74, 6) is -0.459. The summed E-state index contributed by atoms with van der Waals surface area (Å²) in [6, 6.07) is 9.86. The molecule has 0 saturated heterocycles. The third-order valence-electron chi connectivity index (χ3n) is 3.99. The number of amides is 2. The zero-order chi connectivity index (χ0) is 21.4. The van der Waals surface area contributed by atoms with Crippen LogP contribution in [0.2, 0.25) is 20.1 Å². The number of carbonyl (C=O) groups is 2. The summed E-state index contributed by atoms with van der Waals surface area (Å²) >= 11 is 24.1. The quantitative estimate of drug-likeness (QED) is 0.467. The van der Waals surface area contributed by atoms with Gasteiger partial charge in [-0.15, -0.1) is 0 Å². The van der Waals surface area contributed by atoms with Crippen molar-refractivity contribution in [1.29, 1.82) is 0 Å². The molecule has 0 aliphatic rings. The van der Waals surface area contributed by atoms with Crippen LogP contribution in [-0.4, -0.2) is 36.3 Å². The Balaban J connectivity index is 1.90. The number of benzene rings is 2. The molecule has 0 fully saturated rings. The Morgan fingerprint density at radius 1 is 0.897 bits per heavy atom. The SMILES string of the molecule is CCCN(CCC(=O)Nc1c(Cl)cccc1Cl)CC(=O)Nc1ccc(Cl)cc1Cl. The molecule has 0 aromatic heterocycles. The standard InChI is InChI=1S/C20H21Cl4N3O2/c1-2-9-27(12-19(29)25-17-7-6-13(21)11-16(17)24)10-8-18(28)26-20-14(22)4-3-5-15(20)23/h3-7,11H,2,8-10,12H2,1H3,(H,25,29)(H,26,28). The third-order valence-corrected chi connectivity index (χ3v) is 5.17. The molecule has 2 aromatic carbocycles. The molecule has 0 atom stereocenters. The van der Waals surface area contributed by atoms with Gasteiger partial charge < -0.3 is 10.6 Å². The molecule has 0 heterocycles. The maximum absolute atomic E-state index is 12.4. The summed E-state index contributed by atoms with van der Waals surface area (Å²) in [5.41, 5.74) is 0.876. The van der Waals surface area contributed by atoms with Crippen molar-refractivity contribution in [1.82, 2.24) is 4.90 Å². The van der Waals surface area contributed by atoms with Crippen LogP contribution in [0.25, 0.3) is 0 Å². The Kier molecular flexibility index (Phi) is 9.53. The van der Waals surface area contributed by atoms with E-state index in [2.05, 4.69) is 10.6 Å². The van der Waals surface area contributed by atoms with Gasteiger partial charge in [-0.2, -0.15) is 0 Å². The molecular weight excluding hydrogens is 456 g/mol. The summed E-state index contributed by atoms with van der Waals surface area (Å²) in [7, 11) is 0. The van der Waals surface area contributed by atoms with E-state index in [1.165, 1.54) is 0 Å². The van der Waals surface area contributed by atoms with E-state index in [9.17, 15) is 9.59 Å². The van der Waals surface area contributed by atoms with Crippen LogP contribution >= 0.6 is 46.4 Å². The van der Waals surface area contributed by atoms with E-state index in [0.29, 0.717) is 44.6 Å². The van der Waals surface area contributed by atoms with E-state index < -0.39 is 0 Å². The number of hydrogen-bond acceptors (Lipinski definition) is 3. The van der Waals surface area contributed by atoms with Gasteiger partial charge in [0.05, 0.1) is 33.0 Å². The Hall–Kier alpha value is -1.50. The van der Waals surface area contributed by atoms with Gasteiger partial charge in [-0.25, -0.2) is 0 Å². The fourth-order valence-corrected chi connectivity index (χ4v) is 3.60. The number of halogens is 4. The first kappa shape index (κ1) is 23.8. The molecule has 0 saturated carbocycles. The summed E-state index contributed by atoms with van der Waals surface area (Å²) in [6.07, 6.45) is 1.03. The smallest absolute Gasteiger partial charge is 0.238 e. The number of hydrogen-bond donors (Lipinski definition) is 2. The molecule has 0 unspecified atom stereocenters. The van der Waals surface area contributed by atoms with Crippen molar-refractivity contribution < 1.29 is 9.59 Å². The lowest BCUT2D eigenvalue weighted by atomic mass is 10.2. The molecule has 5 nitrogen and oxygen atoms in total. The third kappa shape index (κ3) is 7.68. The van der Waals surface area contributed by atoms with Crippen LogP contribution in [0.15, 0.2) is 36.4 Å². The van der Waals surface area contributed by atoms with Crippen molar-refractivity contribution in [2.75, 3.05) is 30.3 Å². The van der Waals surface area contributed by atoms with Crippen LogP contribution < -0.4 is 10.6 Å². The number of rotatable bonds is 9. The van der Waals surface area contributed by atoms with Gasteiger partial charge in [0.25, 0.3) is 0 Å². The van der Waals surface area contributed by atoms with Gasteiger partial charge in [0.1, 0.15) is 0 Å². The number of para-hydroxylation sites is 1. The van der Waals surface area contributed by atoms with E-state index in [-0.39, 0.29) is 24.8 Å². The predicted octanol–water partition coefficient (Wildman–Crippen LogP) is 5.98. The zero-order valence-electron chi connectivity index (χ0n) is 15.8. The minimum Gasteiger partial charge on any atom is -0.324 e. The predicted molar refractivity (Wildman–Crippen MR) is 122 cm³/mol. The van der Waals surface area contributed by atoms with Crippen LogP contribution in [0.4, 0.5) is 11.4 Å². The first-order valence-corrected chi connectivity index (χ1v) is 10.5. The highest BCUT2D eigenvalue weighted by Gasteiger charge is 2.15. The molecule has 9 heteroatoms. The Labute approximate surface area is 190 Å². The van der Waals surface area contributed by atoms with Gasteiger partial charge in [0.15, 0.2) is 0 Å². The molecule has 0 radical (unpaired) electrons. The molecule has 0 spiro atoms. The highest BCUT2D eigenvalue weighted by molar-refractivity contribution is 6.39. The number of anilines is 2. The van der Waals surface area contributed by atoms with Gasteiger partial charge >= 0.3 is 0 Å². The first-order valence-electron chi connectivity index (χ1n) is 9.01. The molecule has 0 bridgehead atoms. The number of carbonyl (C=O) groups excluding carboxylic acids is 2. The van der Waals surface area contributed by atoms with E-state index in [4.69, 9.17) is 46.4 Å². The van der Waals surface area contributed by atoms with Gasteiger partial charge in [-0.1, -0.05) is 59.4 Å². The highest BCUT2D eigenvalue weighted by Crippen LogP contribution is 2.30. The molecule has 2 amide bonds. The second kappa shape index (κ2) is 11.6. The van der Waals surface area contributed by atoms with Gasteiger partial charge in [0, 0.05) is 18.0 Å². The topological polar surface area (TPSA) is 61.4 Å². The van der Waals surface area contributed by atoms with Crippen molar-refractivity contribution >= 4 is 69.6 Å². The maximum Gasteiger partial charge on any atom is 0.238 e. The van der Waals surface area contributed by atoms with E-state index in [0.717, 1.165) is 6.42 Å². The highest BCUT2D eigenvalue weighted by atomic mass is 35.5. The average Bonchev–Trinajstić information content (AvgIpc) is 2.65. The number of nitrogens with zero attached hydrogens (tertiary/aromatic N) is 1. The zero-order valence-corrected chi connectivity index (χ0v) is 18.8. The van der Waals surface area contributed by atoms with E-state index in [1.54, 1.807) is 36.4 Å². The molecular formula is C20H21Cl4N3O2. The van der Waals surface area contributed by atoms with Crippen molar-refractivity contribution in [3.05, 3.63) is 56.5 Å². The van der Waals surface area contributed by atoms with Gasteiger partial charge in [0.2, 0.25) is 11.8 Å². The molecule has 29 heavy (non-hydrogen) atoms. The normalized spacial score (nSPS) is 10.8. The molecule has 156 valence electrons. The second-order valence-corrected chi connectivity index (χ2v) is 8.00. The Morgan fingerprint density at radius 3 is 2.21 bits per heavy atom. The lowest BCUT2D eigenvalue weighted by Crippen LogP contribution is -2.36. The minimum atomic E-state index is -0.234. The van der Waals surface area contributed by atoms with E-state index >= 15 is 0 Å². The van der Waals surface area contributed by atoms with E-state index in [1.807, 2.05) is 11.8 Å². The largest absolute Gasteiger partial charge is 0.324 e. The van der Waals surface area contributed by atoms with Crippen LogP contribution in [0.3, 0.4) is 0 Å². The van der Waals surface area contributed by atoms with Crippen molar-refractivity contribution in [2.45, 2.75) is 19.8 Å². The Bertz CT molecular complexity index is 857. The lowest BCUT2D eigenvalue weighted by molar-refractivity contribution is -0.119. The van der Waals surface area contributed by atoms with Crippen LogP contribution in [-0.2, 0) is 9.59 Å². The summed E-state index contributed by atoms with van der Waals surface area (Å²) in [6.45, 7) is 3.21. The first-order chi connectivity index (χ1) is 13.8. The molecule has 2 rings (SSSR count).